The molecule has 0 saturated carbocycles. The predicted octanol–water partition coefficient (Wildman–Crippen LogP) is 7.97. The summed E-state index contributed by atoms with van der Waals surface area (Å²) >= 11 is 6.67. The smallest absolute Gasteiger partial charge is 0.323 e. The van der Waals surface area contributed by atoms with Gasteiger partial charge in [-0.1, -0.05) is 80.0 Å². The van der Waals surface area contributed by atoms with Crippen molar-refractivity contribution < 1.29 is 9.21 Å². The van der Waals surface area contributed by atoms with Gasteiger partial charge in [-0.15, -0.1) is 0 Å². The Labute approximate surface area is 226 Å². The fourth-order valence-electron chi connectivity index (χ4n) is 4.16. The number of rotatable bonds is 8. The number of carbonyl (C=O) groups excluding carboxylic acids is 1. The first-order chi connectivity index (χ1) is 18.5. The van der Waals surface area contributed by atoms with Crippen molar-refractivity contribution in [2.45, 2.75) is 26.2 Å². The van der Waals surface area contributed by atoms with Crippen molar-refractivity contribution in [1.82, 2.24) is 9.97 Å². The molecule has 0 aliphatic heterocycles. The van der Waals surface area contributed by atoms with E-state index < -0.39 is 0 Å². The zero-order valence-electron chi connectivity index (χ0n) is 21.2. The third-order valence-corrected chi connectivity index (χ3v) is 6.56. The second-order valence-corrected chi connectivity index (χ2v) is 9.62. The number of nitrogens with zero attached hydrogens (tertiary/aromatic N) is 2. The van der Waals surface area contributed by atoms with E-state index in [9.17, 15) is 4.79 Å². The highest BCUT2D eigenvalue weighted by Gasteiger charge is 2.19. The van der Waals surface area contributed by atoms with Crippen LogP contribution in [0.4, 0.5) is 22.0 Å². The molecule has 5 aromatic rings. The zero-order valence-corrected chi connectivity index (χ0v) is 21.9. The Morgan fingerprint density at radius 2 is 1.68 bits per heavy atom. The van der Waals surface area contributed by atoms with Gasteiger partial charge in [-0.2, -0.15) is 0 Å². The molecular weight excluding hydrogens is 498 g/mol. The molecule has 2 aromatic heterocycles. The molecule has 0 fully saturated rings. The summed E-state index contributed by atoms with van der Waals surface area (Å²) in [6.45, 7) is 4.88. The van der Waals surface area contributed by atoms with Crippen molar-refractivity contribution in [1.29, 1.82) is 0 Å². The van der Waals surface area contributed by atoms with Crippen LogP contribution in [0.3, 0.4) is 0 Å². The molecule has 0 aliphatic carbocycles. The molecule has 2 heterocycles. The lowest BCUT2D eigenvalue weighted by Gasteiger charge is -2.11. The molecule has 0 spiro atoms. The summed E-state index contributed by atoms with van der Waals surface area (Å²) in [5.74, 6) is 1.60. The molecule has 192 valence electrons. The predicted molar refractivity (Wildman–Crippen MR) is 154 cm³/mol. The average Bonchev–Trinajstić information content (AvgIpc) is 3.27. The molecule has 0 unspecified atom stereocenters. The molecule has 0 bridgehead atoms. The van der Waals surface area contributed by atoms with Gasteiger partial charge in [0.15, 0.2) is 5.76 Å². The van der Waals surface area contributed by atoms with Crippen LogP contribution in [0.25, 0.3) is 22.4 Å². The average molecular weight is 526 g/mol. The van der Waals surface area contributed by atoms with Gasteiger partial charge >= 0.3 is 6.03 Å². The summed E-state index contributed by atoms with van der Waals surface area (Å²) < 4.78 is 5.93. The van der Waals surface area contributed by atoms with E-state index in [0.29, 0.717) is 40.2 Å². The standard InChI is InChI=1S/C30H28ClN5O2/c1-19(2)22-9-6-10-24(17-22)36-30(37)35-23-13-11-20(12-14-23)15-16-32-28-25-26(31)27(21-7-4-3-5-8-21)38-29(25)34-18-33-28/h3-14,17-19H,15-16H2,1-2H3,(H,32,33,34)(H2,35,36,37). The first-order valence-corrected chi connectivity index (χ1v) is 12.8. The molecule has 5 rings (SSSR count). The number of amides is 2. The van der Waals surface area contributed by atoms with Crippen molar-refractivity contribution in [3.63, 3.8) is 0 Å². The van der Waals surface area contributed by atoms with Crippen molar-refractivity contribution in [2.24, 2.45) is 0 Å². The Morgan fingerprint density at radius 3 is 2.45 bits per heavy atom. The maximum atomic E-state index is 12.4. The topological polar surface area (TPSA) is 92.1 Å². The summed E-state index contributed by atoms with van der Waals surface area (Å²) in [7, 11) is 0. The van der Waals surface area contributed by atoms with Crippen molar-refractivity contribution in [3.05, 3.63) is 101 Å². The molecule has 0 atom stereocenters. The SMILES string of the molecule is CC(C)c1cccc(NC(=O)Nc2ccc(CCNc3ncnc4oc(-c5ccccc5)c(Cl)c34)cc2)c1. The van der Waals surface area contributed by atoms with Crippen LogP contribution in [0.5, 0.6) is 0 Å². The maximum Gasteiger partial charge on any atom is 0.323 e. The summed E-state index contributed by atoms with van der Waals surface area (Å²) in [5, 5.41) is 10.3. The van der Waals surface area contributed by atoms with Crippen LogP contribution in [-0.2, 0) is 6.42 Å². The molecule has 3 N–H and O–H groups in total. The number of halogens is 1. The van der Waals surface area contributed by atoms with Gasteiger partial charge in [-0.3, -0.25) is 0 Å². The van der Waals surface area contributed by atoms with E-state index in [1.165, 1.54) is 11.9 Å². The van der Waals surface area contributed by atoms with E-state index >= 15 is 0 Å². The zero-order chi connectivity index (χ0) is 26.5. The van der Waals surface area contributed by atoms with Crippen molar-refractivity contribution in [2.75, 3.05) is 22.5 Å². The first kappa shape index (κ1) is 25.3. The van der Waals surface area contributed by atoms with E-state index in [0.717, 1.165) is 28.9 Å². The highest BCUT2D eigenvalue weighted by atomic mass is 35.5. The molecular formula is C30H28ClN5O2. The highest BCUT2D eigenvalue weighted by Crippen LogP contribution is 2.39. The fourth-order valence-corrected chi connectivity index (χ4v) is 4.48. The summed E-state index contributed by atoms with van der Waals surface area (Å²) in [5.41, 5.74) is 5.10. The minimum atomic E-state index is -0.278. The largest absolute Gasteiger partial charge is 0.436 e. The number of furan rings is 1. The summed E-state index contributed by atoms with van der Waals surface area (Å²) in [6, 6.07) is 25.0. The quantitative estimate of drug-likeness (QED) is 0.191. The van der Waals surface area contributed by atoms with Crippen molar-refractivity contribution >= 4 is 45.9 Å². The Morgan fingerprint density at radius 1 is 0.921 bits per heavy atom. The number of aromatic nitrogens is 2. The number of benzene rings is 3. The van der Waals surface area contributed by atoms with Crippen LogP contribution in [0.15, 0.2) is 89.6 Å². The Bertz CT molecular complexity index is 1550. The molecule has 7 nitrogen and oxygen atoms in total. The van der Waals surface area contributed by atoms with E-state index in [-0.39, 0.29) is 6.03 Å². The molecule has 8 heteroatoms. The summed E-state index contributed by atoms with van der Waals surface area (Å²) in [4.78, 5) is 21.1. The van der Waals surface area contributed by atoms with Gasteiger partial charge in [0, 0.05) is 23.5 Å². The number of hydrogen-bond donors (Lipinski definition) is 3. The van der Waals surface area contributed by atoms with Crippen LogP contribution in [0.2, 0.25) is 5.02 Å². The fraction of sp³-hybridized carbons (Fsp3) is 0.167. The lowest BCUT2D eigenvalue weighted by molar-refractivity contribution is 0.262. The number of fused-ring (bicyclic) bond motifs is 1. The number of anilines is 3. The Balaban J connectivity index is 1.18. The molecule has 38 heavy (non-hydrogen) atoms. The third-order valence-electron chi connectivity index (χ3n) is 6.20. The second-order valence-electron chi connectivity index (χ2n) is 9.25. The third kappa shape index (κ3) is 5.79. The maximum absolute atomic E-state index is 12.4. The monoisotopic (exact) mass is 525 g/mol. The van der Waals surface area contributed by atoms with Crippen LogP contribution in [0.1, 0.15) is 30.9 Å². The van der Waals surface area contributed by atoms with Gasteiger partial charge < -0.3 is 20.4 Å². The lowest BCUT2D eigenvalue weighted by atomic mass is 10.0. The Kier molecular flexibility index (Phi) is 7.56. The van der Waals surface area contributed by atoms with Crippen LogP contribution in [0, 0.1) is 0 Å². The normalized spacial score (nSPS) is 11.1. The van der Waals surface area contributed by atoms with Crippen LogP contribution >= 0.6 is 11.6 Å². The number of nitrogens with one attached hydrogen (secondary N) is 3. The van der Waals surface area contributed by atoms with Crippen LogP contribution < -0.4 is 16.0 Å². The molecule has 3 aromatic carbocycles. The summed E-state index contributed by atoms with van der Waals surface area (Å²) in [6.07, 6.45) is 2.21. The minimum absolute atomic E-state index is 0.278. The van der Waals surface area contributed by atoms with Crippen LogP contribution in [-0.4, -0.2) is 22.5 Å². The highest BCUT2D eigenvalue weighted by molar-refractivity contribution is 6.38. The van der Waals surface area contributed by atoms with E-state index in [4.69, 9.17) is 16.0 Å². The lowest BCUT2D eigenvalue weighted by Crippen LogP contribution is -2.19. The second kappa shape index (κ2) is 11.4. The van der Waals surface area contributed by atoms with Gasteiger partial charge in [0.2, 0.25) is 5.71 Å². The molecule has 0 radical (unpaired) electrons. The van der Waals surface area contributed by atoms with Gasteiger partial charge in [-0.05, 0) is 47.7 Å². The van der Waals surface area contributed by atoms with Crippen molar-refractivity contribution in [3.8, 4) is 11.3 Å². The minimum Gasteiger partial charge on any atom is -0.436 e. The number of hydrogen-bond acceptors (Lipinski definition) is 5. The van der Waals surface area contributed by atoms with Gasteiger partial charge in [-0.25, -0.2) is 14.8 Å². The molecule has 0 aliphatic rings. The van der Waals surface area contributed by atoms with E-state index in [2.05, 4.69) is 45.8 Å². The Hall–Kier alpha value is -4.36. The van der Waals surface area contributed by atoms with Gasteiger partial charge in [0.25, 0.3) is 0 Å². The first-order valence-electron chi connectivity index (χ1n) is 12.5. The molecule has 2 amide bonds. The van der Waals surface area contributed by atoms with E-state index in [1.807, 2.05) is 72.8 Å². The van der Waals surface area contributed by atoms with Gasteiger partial charge in [0.1, 0.15) is 22.6 Å². The number of urea groups is 1. The van der Waals surface area contributed by atoms with Gasteiger partial charge in [0.05, 0.1) is 0 Å². The number of carbonyl (C=O) groups is 1. The van der Waals surface area contributed by atoms with E-state index in [1.54, 1.807) is 0 Å². The molecule has 0 saturated heterocycles.